The van der Waals surface area contributed by atoms with Crippen molar-refractivity contribution in [3.63, 3.8) is 0 Å². The Bertz CT molecular complexity index is 569. The highest BCUT2D eigenvalue weighted by molar-refractivity contribution is 6.42. The fraction of sp³-hybridized carbons (Fsp3) is 0.333. The van der Waals surface area contributed by atoms with Gasteiger partial charge in [-0.3, -0.25) is 4.90 Å². The van der Waals surface area contributed by atoms with Gasteiger partial charge >= 0.3 is 0 Å². The van der Waals surface area contributed by atoms with Crippen molar-refractivity contribution in [2.24, 2.45) is 21.5 Å². The molecule has 0 fully saturated rings. The van der Waals surface area contributed by atoms with E-state index >= 15 is 0 Å². The van der Waals surface area contributed by atoms with E-state index in [-0.39, 0.29) is 11.9 Å². The van der Waals surface area contributed by atoms with E-state index in [0.29, 0.717) is 16.5 Å². The van der Waals surface area contributed by atoms with Crippen molar-refractivity contribution in [1.29, 1.82) is 0 Å². The molecule has 1 atom stereocenters. The number of guanidine groups is 2. The number of nitrogens with two attached hydrogens (primary N) is 2. The topological polar surface area (TPSA) is 80.0 Å². The van der Waals surface area contributed by atoms with Gasteiger partial charge in [0.25, 0.3) is 0 Å². The van der Waals surface area contributed by atoms with Gasteiger partial charge in [-0.05, 0) is 31.5 Å². The molecule has 0 bridgehead atoms. The van der Waals surface area contributed by atoms with E-state index in [1.807, 2.05) is 19.9 Å². The van der Waals surface area contributed by atoms with Crippen LogP contribution in [0.15, 0.2) is 28.2 Å². The summed E-state index contributed by atoms with van der Waals surface area (Å²) in [6.45, 7) is 3.93. The first-order valence-electron chi connectivity index (χ1n) is 5.82. The molecule has 1 aromatic carbocycles. The van der Waals surface area contributed by atoms with Crippen LogP contribution >= 0.6 is 23.2 Å². The van der Waals surface area contributed by atoms with E-state index in [4.69, 9.17) is 34.7 Å². The van der Waals surface area contributed by atoms with E-state index in [1.165, 1.54) is 0 Å². The number of halogens is 2. The first kappa shape index (κ1) is 14.0. The van der Waals surface area contributed by atoms with Gasteiger partial charge in [0.15, 0.2) is 0 Å². The molecule has 4 N–H and O–H groups in total. The van der Waals surface area contributed by atoms with Crippen LogP contribution in [0, 0.1) is 0 Å². The Morgan fingerprint density at radius 3 is 2.53 bits per heavy atom. The summed E-state index contributed by atoms with van der Waals surface area (Å²) in [4.78, 5) is 10.2. The number of anilines is 1. The molecule has 102 valence electrons. The second-order valence-electron chi connectivity index (χ2n) is 4.44. The quantitative estimate of drug-likeness (QED) is 0.881. The van der Waals surface area contributed by atoms with Crippen LogP contribution in [0.3, 0.4) is 0 Å². The van der Waals surface area contributed by atoms with E-state index in [1.54, 1.807) is 17.0 Å². The molecule has 2 rings (SSSR count). The highest BCUT2D eigenvalue weighted by Crippen LogP contribution is 2.33. The largest absolute Gasteiger partial charge is 0.369 e. The Hall–Kier alpha value is -1.46. The number of nitrogens with zero attached hydrogens (tertiary/aromatic N) is 3. The molecular formula is C12H15Cl2N5. The van der Waals surface area contributed by atoms with Gasteiger partial charge in [-0.2, -0.15) is 4.99 Å². The maximum Gasteiger partial charge on any atom is 0.220 e. The third-order valence-corrected chi connectivity index (χ3v) is 3.87. The molecule has 0 saturated heterocycles. The summed E-state index contributed by atoms with van der Waals surface area (Å²) in [5.74, 6) is 0.466. The van der Waals surface area contributed by atoms with Crippen LogP contribution in [0.4, 0.5) is 5.69 Å². The van der Waals surface area contributed by atoms with Gasteiger partial charge < -0.3 is 11.5 Å². The maximum absolute atomic E-state index is 6.05. The summed E-state index contributed by atoms with van der Waals surface area (Å²) in [6, 6.07) is 5.27. The SMILES string of the molecule is CC[C@]1(C)N=C(N)N=C(N)N1c1ccc(Cl)c(Cl)c1. The summed E-state index contributed by atoms with van der Waals surface area (Å²) in [7, 11) is 0. The van der Waals surface area contributed by atoms with Crippen LogP contribution in [-0.2, 0) is 0 Å². The number of hydrogen-bond donors (Lipinski definition) is 2. The zero-order valence-corrected chi connectivity index (χ0v) is 12.2. The van der Waals surface area contributed by atoms with Gasteiger partial charge in [-0.1, -0.05) is 30.1 Å². The smallest absolute Gasteiger partial charge is 0.220 e. The van der Waals surface area contributed by atoms with Crippen molar-refractivity contribution < 1.29 is 0 Å². The van der Waals surface area contributed by atoms with Crippen LogP contribution in [0.2, 0.25) is 10.0 Å². The molecule has 0 saturated carbocycles. The average molecular weight is 300 g/mol. The Kier molecular flexibility index (Phi) is 3.60. The summed E-state index contributed by atoms with van der Waals surface area (Å²) in [5, 5.41) is 0.937. The third kappa shape index (κ3) is 2.48. The van der Waals surface area contributed by atoms with Crippen molar-refractivity contribution in [2.75, 3.05) is 4.90 Å². The lowest BCUT2D eigenvalue weighted by molar-refractivity contribution is 0.466. The minimum absolute atomic E-state index is 0.179. The minimum Gasteiger partial charge on any atom is -0.369 e. The second-order valence-corrected chi connectivity index (χ2v) is 5.26. The molecule has 1 aliphatic rings. The Balaban J connectivity index is 2.52. The van der Waals surface area contributed by atoms with Gasteiger partial charge in [0.1, 0.15) is 5.66 Å². The molecule has 0 aromatic heterocycles. The number of aliphatic imine (C=N–C) groups is 2. The zero-order chi connectivity index (χ0) is 14.2. The Labute approximate surface area is 121 Å². The highest BCUT2D eigenvalue weighted by atomic mass is 35.5. The first-order chi connectivity index (χ1) is 8.87. The number of benzene rings is 1. The fourth-order valence-corrected chi connectivity index (χ4v) is 2.30. The monoisotopic (exact) mass is 299 g/mol. The number of hydrogen-bond acceptors (Lipinski definition) is 5. The summed E-state index contributed by atoms with van der Waals surface area (Å²) in [6.07, 6.45) is 0.712. The highest BCUT2D eigenvalue weighted by Gasteiger charge is 2.35. The van der Waals surface area contributed by atoms with E-state index < -0.39 is 5.66 Å². The molecule has 0 amide bonds. The Morgan fingerprint density at radius 2 is 1.95 bits per heavy atom. The van der Waals surface area contributed by atoms with Crippen molar-refractivity contribution in [2.45, 2.75) is 25.9 Å². The van der Waals surface area contributed by atoms with Crippen LogP contribution in [0.1, 0.15) is 20.3 Å². The van der Waals surface area contributed by atoms with Crippen molar-refractivity contribution >= 4 is 40.8 Å². The van der Waals surface area contributed by atoms with Gasteiger partial charge in [0.05, 0.1) is 10.0 Å². The lowest BCUT2D eigenvalue weighted by atomic mass is 10.1. The van der Waals surface area contributed by atoms with Gasteiger partial charge in [0, 0.05) is 5.69 Å². The zero-order valence-electron chi connectivity index (χ0n) is 10.7. The normalized spacial score (nSPS) is 23.1. The molecule has 0 unspecified atom stereocenters. The van der Waals surface area contributed by atoms with Crippen molar-refractivity contribution in [1.82, 2.24) is 0 Å². The van der Waals surface area contributed by atoms with Gasteiger partial charge in [0.2, 0.25) is 11.9 Å². The van der Waals surface area contributed by atoms with Crippen molar-refractivity contribution in [3.05, 3.63) is 28.2 Å². The molecule has 0 aliphatic carbocycles. The summed E-state index contributed by atoms with van der Waals surface area (Å²) in [5.41, 5.74) is 11.8. The average Bonchev–Trinajstić information content (AvgIpc) is 2.32. The molecule has 1 aliphatic heterocycles. The van der Waals surface area contributed by atoms with Crippen LogP contribution in [0.25, 0.3) is 0 Å². The maximum atomic E-state index is 6.05. The van der Waals surface area contributed by atoms with Crippen molar-refractivity contribution in [3.8, 4) is 0 Å². The predicted octanol–water partition coefficient (Wildman–Crippen LogP) is 2.57. The van der Waals surface area contributed by atoms with E-state index in [9.17, 15) is 0 Å². The molecule has 1 heterocycles. The molecule has 5 nitrogen and oxygen atoms in total. The molecule has 1 aromatic rings. The van der Waals surface area contributed by atoms with Crippen LogP contribution < -0.4 is 16.4 Å². The standard InChI is InChI=1S/C12H15Cl2N5/c1-3-12(2)18-10(15)17-11(16)19(12)7-4-5-8(13)9(14)6-7/h4-6H,3H2,1-2H3,(H4,15,16,17,18)/t12-/m1/s1. The number of rotatable bonds is 2. The molecule has 19 heavy (non-hydrogen) atoms. The third-order valence-electron chi connectivity index (χ3n) is 3.13. The van der Waals surface area contributed by atoms with E-state index in [0.717, 1.165) is 5.69 Å². The lowest BCUT2D eigenvalue weighted by Crippen LogP contribution is -2.55. The Morgan fingerprint density at radius 1 is 1.26 bits per heavy atom. The summed E-state index contributed by atoms with van der Waals surface area (Å²) >= 11 is 12.0. The predicted molar refractivity (Wildman–Crippen MR) is 80.9 cm³/mol. The van der Waals surface area contributed by atoms with Crippen LogP contribution in [-0.4, -0.2) is 17.6 Å². The first-order valence-corrected chi connectivity index (χ1v) is 6.58. The minimum atomic E-state index is -0.590. The second kappa shape index (κ2) is 4.90. The van der Waals surface area contributed by atoms with Crippen LogP contribution in [0.5, 0.6) is 0 Å². The molecule has 0 radical (unpaired) electrons. The van der Waals surface area contributed by atoms with Gasteiger partial charge in [-0.15, -0.1) is 0 Å². The van der Waals surface area contributed by atoms with E-state index in [2.05, 4.69) is 9.98 Å². The summed E-state index contributed by atoms with van der Waals surface area (Å²) < 4.78 is 0. The molecule has 0 spiro atoms. The molecular weight excluding hydrogens is 285 g/mol. The molecule has 7 heteroatoms. The fourth-order valence-electron chi connectivity index (χ4n) is 2.01. The lowest BCUT2D eigenvalue weighted by Gasteiger charge is -2.40. The van der Waals surface area contributed by atoms with Gasteiger partial charge in [-0.25, -0.2) is 4.99 Å².